The summed E-state index contributed by atoms with van der Waals surface area (Å²) in [6.07, 6.45) is 14.4. The number of esters is 1. The second kappa shape index (κ2) is 22.1. The standard InChI is InChI=1S/C44H56N6O6/c1-3-56-44(54)40-29-36(31-50(40)25-16-9-7-5-4-6-8-10-17-26-55-32-33-19-12-11-13-20-33)46-41(51)23-18-24-45-43(53)39-28-35(30-49(39)2)47-42(52)38-27-34-21-14-15-22-37(34)48-38/h11-15,19-22,27-31,48H,3-10,16-18,23-26,32H2,1-2H3,(H,45,53)(H,46,51)(H,47,52). The number of aromatic nitrogens is 3. The average Bonchev–Trinajstić information content (AvgIpc) is 3.92. The first kappa shape index (κ1) is 41.5. The number of aryl methyl sites for hydroxylation is 2. The summed E-state index contributed by atoms with van der Waals surface area (Å²) in [5.41, 5.74) is 4.34. The Morgan fingerprint density at radius 1 is 0.714 bits per heavy atom. The van der Waals surface area contributed by atoms with E-state index in [1.54, 1.807) is 49.1 Å². The molecule has 0 atom stereocenters. The molecule has 0 saturated carbocycles. The summed E-state index contributed by atoms with van der Waals surface area (Å²) >= 11 is 0. The Bertz CT molecular complexity index is 1980. The molecule has 0 aliphatic carbocycles. The molecule has 2 aromatic carbocycles. The van der Waals surface area contributed by atoms with Crippen LogP contribution in [0, 0.1) is 0 Å². The minimum atomic E-state index is -0.414. The number of benzene rings is 2. The van der Waals surface area contributed by atoms with Gasteiger partial charge in [-0.3, -0.25) is 14.4 Å². The van der Waals surface area contributed by atoms with Gasteiger partial charge in [0.15, 0.2) is 0 Å². The Balaban J connectivity index is 0.956. The summed E-state index contributed by atoms with van der Waals surface area (Å²) in [4.78, 5) is 54.3. The highest BCUT2D eigenvalue weighted by Crippen LogP contribution is 2.20. The fourth-order valence-electron chi connectivity index (χ4n) is 6.65. The van der Waals surface area contributed by atoms with Crippen LogP contribution in [0.25, 0.3) is 10.9 Å². The van der Waals surface area contributed by atoms with E-state index in [0.717, 1.165) is 43.2 Å². The molecule has 5 rings (SSSR count). The molecular weight excluding hydrogens is 709 g/mol. The lowest BCUT2D eigenvalue weighted by atomic mass is 10.1. The first-order valence-corrected chi connectivity index (χ1v) is 19.9. The molecule has 56 heavy (non-hydrogen) atoms. The van der Waals surface area contributed by atoms with Crippen LogP contribution in [-0.4, -0.2) is 57.6 Å². The lowest BCUT2D eigenvalue weighted by Gasteiger charge is -2.08. The number of unbranched alkanes of at least 4 members (excludes halogenated alkanes) is 8. The van der Waals surface area contributed by atoms with Crippen molar-refractivity contribution in [1.82, 2.24) is 19.4 Å². The van der Waals surface area contributed by atoms with Gasteiger partial charge in [-0.05, 0) is 56.0 Å². The molecule has 0 unspecified atom stereocenters. The van der Waals surface area contributed by atoms with Gasteiger partial charge in [-0.25, -0.2) is 4.79 Å². The lowest BCUT2D eigenvalue weighted by Crippen LogP contribution is -2.27. The highest BCUT2D eigenvalue weighted by atomic mass is 16.5. The zero-order valence-electron chi connectivity index (χ0n) is 32.7. The summed E-state index contributed by atoms with van der Waals surface area (Å²) in [7, 11) is 1.73. The normalized spacial score (nSPS) is 11.1. The molecule has 0 aliphatic rings. The largest absolute Gasteiger partial charge is 0.461 e. The van der Waals surface area contributed by atoms with Gasteiger partial charge in [0.2, 0.25) is 5.91 Å². The Hall–Kier alpha value is -5.62. The first-order valence-electron chi connectivity index (χ1n) is 19.9. The highest BCUT2D eigenvalue weighted by molar-refractivity contribution is 6.06. The van der Waals surface area contributed by atoms with Gasteiger partial charge in [0, 0.05) is 56.5 Å². The van der Waals surface area contributed by atoms with Gasteiger partial charge >= 0.3 is 5.97 Å². The third-order valence-corrected chi connectivity index (χ3v) is 9.60. The number of amides is 3. The second-order valence-corrected chi connectivity index (χ2v) is 14.1. The number of carbonyl (C=O) groups excluding carboxylic acids is 4. The average molecular weight is 765 g/mol. The maximum Gasteiger partial charge on any atom is 0.355 e. The first-order chi connectivity index (χ1) is 27.3. The number of nitrogens with zero attached hydrogens (tertiary/aromatic N) is 2. The number of hydrogen-bond acceptors (Lipinski definition) is 6. The van der Waals surface area contributed by atoms with Crippen LogP contribution < -0.4 is 16.0 Å². The van der Waals surface area contributed by atoms with E-state index in [9.17, 15) is 19.2 Å². The van der Waals surface area contributed by atoms with Gasteiger partial charge in [-0.1, -0.05) is 93.5 Å². The minimum Gasteiger partial charge on any atom is -0.461 e. The topological polar surface area (TPSA) is 148 Å². The van der Waals surface area contributed by atoms with E-state index in [0.29, 0.717) is 48.0 Å². The fourth-order valence-corrected chi connectivity index (χ4v) is 6.65. The molecule has 12 nitrogen and oxygen atoms in total. The lowest BCUT2D eigenvalue weighted by molar-refractivity contribution is -0.116. The number of aromatic amines is 1. The maximum atomic E-state index is 12.9. The Morgan fingerprint density at radius 2 is 1.39 bits per heavy atom. The van der Waals surface area contributed by atoms with E-state index in [1.165, 1.54) is 37.7 Å². The number of carbonyl (C=O) groups is 4. The molecule has 5 aromatic rings. The Kier molecular flexibility index (Phi) is 16.4. The van der Waals surface area contributed by atoms with Crippen LogP contribution in [0.3, 0.4) is 0 Å². The molecular formula is C44H56N6O6. The molecule has 0 fully saturated rings. The highest BCUT2D eigenvalue weighted by Gasteiger charge is 2.18. The van der Waals surface area contributed by atoms with Crippen molar-refractivity contribution in [1.29, 1.82) is 0 Å². The van der Waals surface area contributed by atoms with Crippen molar-refractivity contribution in [3.8, 4) is 0 Å². The third-order valence-electron chi connectivity index (χ3n) is 9.60. The molecule has 0 bridgehead atoms. The number of ether oxygens (including phenoxy) is 2. The second-order valence-electron chi connectivity index (χ2n) is 14.1. The van der Waals surface area contributed by atoms with Crippen LogP contribution in [0.4, 0.5) is 11.4 Å². The number of H-pyrrole nitrogens is 1. The summed E-state index contributed by atoms with van der Waals surface area (Å²) < 4.78 is 14.6. The van der Waals surface area contributed by atoms with Gasteiger partial charge in [-0.2, -0.15) is 0 Å². The molecule has 3 amide bonds. The Morgan fingerprint density at radius 3 is 2.14 bits per heavy atom. The van der Waals surface area contributed by atoms with Crippen molar-refractivity contribution in [3.63, 3.8) is 0 Å². The van der Waals surface area contributed by atoms with Crippen molar-refractivity contribution in [3.05, 3.63) is 108 Å². The van der Waals surface area contributed by atoms with Gasteiger partial charge in [0.05, 0.1) is 24.6 Å². The van der Waals surface area contributed by atoms with E-state index >= 15 is 0 Å². The van der Waals surface area contributed by atoms with Gasteiger partial charge in [0.1, 0.15) is 17.1 Å². The monoisotopic (exact) mass is 764 g/mol. The van der Waals surface area contributed by atoms with Gasteiger partial charge in [-0.15, -0.1) is 0 Å². The predicted octanol–water partition coefficient (Wildman–Crippen LogP) is 8.61. The zero-order chi connectivity index (χ0) is 39.5. The van der Waals surface area contributed by atoms with Crippen LogP contribution in [0.5, 0.6) is 0 Å². The molecule has 3 heterocycles. The van der Waals surface area contributed by atoms with Crippen LogP contribution in [0.1, 0.15) is 115 Å². The molecule has 298 valence electrons. The van der Waals surface area contributed by atoms with Crippen molar-refractivity contribution in [2.45, 2.75) is 90.7 Å². The van der Waals surface area contributed by atoms with E-state index in [4.69, 9.17) is 9.47 Å². The number of rotatable bonds is 24. The van der Waals surface area contributed by atoms with Crippen molar-refractivity contribution >= 4 is 46.0 Å². The minimum absolute atomic E-state index is 0.182. The van der Waals surface area contributed by atoms with Crippen LogP contribution in [0.2, 0.25) is 0 Å². The Labute approximate surface area is 329 Å². The summed E-state index contributed by atoms with van der Waals surface area (Å²) in [5.74, 6) is -1.25. The van der Waals surface area contributed by atoms with E-state index in [1.807, 2.05) is 47.0 Å². The molecule has 0 saturated heterocycles. The van der Waals surface area contributed by atoms with Crippen LogP contribution in [-0.2, 0) is 34.5 Å². The van der Waals surface area contributed by atoms with Crippen LogP contribution in [0.15, 0.2) is 85.2 Å². The van der Waals surface area contributed by atoms with Crippen molar-refractivity contribution < 1.29 is 28.7 Å². The molecule has 4 N–H and O–H groups in total. The van der Waals surface area contributed by atoms with Crippen molar-refractivity contribution in [2.24, 2.45) is 7.05 Å². The SMILES string of the molecule is CCOC(=O)c1cc(NC(=O)CCCNC(=O)c2cc(NC(=O)c3cc4ccccc4[nH]3)cn2C)cn1CCCCCCCCCCCOCc1ccccc1. The fraction of sp³-hybridized carbons (Fsp3) is 0.409. The number of fused-ring (bicyclic) bond motifs is 1. The van der Waals surface area contributed by atoms with E-state index in [2.05, 4.69) is 33.1 Å². The molecule has 0 radical (unpaired) electrons. The molecule has 3 aromatic heterocycles. The smallest absolute Gasteiger partial charge is 0.355 e. The summed E-state index contributed by atoms with van der Waals surface area (Å²) in [5, 5.41) is 9.51. The number of hydrogen-bond donors (Lipinski definition) is 4. The van der Waals surface area contributed by atoms with E-state index in [-0.39, 0.29) is 37.3 Å². The molecule has 12 heteroatoms. The molecule has 0 spiro atoms. The van der Waals surface area contributed by atoms with Gasteiger partial charge in [0.25, 0.3) is 11.8 Å². The number of nitrogens with one attached hydrogen (secondary N) is 4. The summed E-state index contributed by atoms with van der Waals surface area (Å²) in [6, 6.07) is 23.0. The third kappa shape index (κ3) is 13.0. The van der Waals surface area contributed by atoms with E-state index < -0.39 is 5.97 Å². The number of anilines is 2. The van der Waals surface area contributed by atoms with Gasteiger partial charge < -0.3 is 39.5 Å². The molecule has 0 aliphatic heterocycles. The van der Waals surface area contributed by atoms with Crippen molar-refractivity contribution in [2.75, 3.05) is 30.4 Å². The van der Waals surface area contributed by atoms with Crippen LogP contribution >= 0.6 is 0 Å². The number of para-hydroxylation sites is 1. The zero-order valence-corrected chi connectivity index (χ0v) is 32.7. The predicted molar refractivity (Wildman–Crippen MR) is 220 cm³/mol. The summed E-state index contributed by atoms with van der Waals surface area (Å²) in [6.45, 7) is 4.47. The maximum absolute atomic E-state index is 12.9. The quantitative estimate of drug-likeness (QED) is 0.0365.